The SMILES string of the molecule is CCOCn1c(Sc2ccccc2)cc(=O)[nH]c1=S. The van der Waals surface area contributed by atoms with Gasteiger partial charge in [-0.1, -0.05) is 30.0 Å². The summed E-state index contributed by atoms with van der Waals surface area (Å²) in [5.41, 5.74) is -0.198. The fraction of sp³-hybridized carbons (Fsp3) is 0.231. The van der Waals surface area contributed by atoms with Gasteiger partial charge in [-0.2, -0.15) is 0 Å². The van der Waals surface area contributed by atoms with Crippen molar-refractivity contribution >= 4 is 24.0 Å². The van der Waals surface area contributed by atoms with E-state index >= 15 is 0 Å². The molecule has 6 heteroatoms. The first kappa shape index (κ1) is 14.0. The van der Waals surface area contributed by atoms with Crippen LogP contribution in [0.4, 0.5) is 0 Å². The van der Waals surface area contributed by atoms with Crippen LogP contribution in [0.3, 0.4) is 0 Å². The molecule has 0 fully saturated rings. The molecule has 4 nitrogen and oxygen atoms in total. The third kappa shape index (κ3) is 3.79. The summed E-state index contributed by atoms with van der Waals surface area (Å²) in [5.74, 6) is 0. The van der Waals surface area contributed by atoms with Gasteiger partial charge in [-0.25, -0.2) is 0 Å². The first-order chi connectivity index (χ1) is 9.20. The monoisotopic (exact) mass is 294 g/mol. The van der Waals surface area contributed by atoms with Gasteiger partial charge in [0, 0.05) is 17.6 Å². The van der Waals surface area contributed by atoms with Gasteiger partial charge in [0.2, 0.25) is 0 Å². The third-order valence-electron chi connectivity index (χ3n) is 2.39. The fourth-order valence-electron chi connectivity index (χ4n) is 1.50. The number of aromatic nitrogens is 2. The predicted octanol–water partition coefficient (Wildman–Crippen LogP) is 3.05. The van der Waals surface area contributed by atoms with E-state index in [0.717, 1.165) is 9.92 Å². The van der Waals surface area contributed by atoms with Gasteiger partial charge in [0.15, 0.2) is 4.77 Å². The zero-order chi connectivity index (χ0) is 13.7. The van der Waals surface area contributed by atoms with Crippen LogP contribution >= 0.6 is 24.0 Å². The standard InChI is InChI=1S/C13H14N2O2S2/c1-2-17-9-15-12(8-11(16)14-13(15)18)19-10-6-4-3-5-7-10/h3-8H,2,9H2,1H3,(H,14,16,18). The molecule has 100 valence electrons. The molecule has 0 saturated heterocycles. The molecular weight excluding hydrogens is 280 g/mol. The molecular formula is C13H14N2O2S2. The zero-order valence-corrected chi connectivity index (χ0v) is 12.1. The Bertz CT molecular complexity index is 650. The van der Waals surface area contributed by atoms with Crippen molar-refractivity contribution in [3.05, 3.63) is 51.5 Å². The molecule has 0 aliphatic carbocycles. The molecule has 0 saturated carbocycles. The first-order valence-corrected chi connectivity index (χ1v) is 7.08. The molecule has 0 spiro atoms. The van der Waals surface area contributed by atoms with Crippen molar-refractivity contribution in [1.29, 1.82) is 0 Å². The van der Waals surface area contributed by atoms with Crippen LogP contribution < -0.4 is 5.56 Å². The lowest BCUT2D eigenvalue weighted by atomic mass is 10.4. The molecule has 1 N–H and O–H groups in total. The molecule has 1 aromatic carbocycles. The van der Waals surface area contributed by atoms with Gasteiger partial charge in [0.25, 0.3) is 5.56 Å². The van der Waals surface area contributed by atoms with Gasteiger partial charge >= 0.3 is 0 Å². The molecule has 0 radical (unpaired) electrons. The number of hydrogen-bond acceptors (Lipinski definition) is 4. The van der Waals surface area contributed by atoms with Crippen LogP contribution in [0.5, 0.6) is 0 Å². The minimum absolute atomic E-state index is 0.198. The topological polar surface area (TPSA) is 47.0 Å². The van der Waals surface area contributed by atoms with Crippen molar-refractivity contribution in [2.45, 2.75) is 23.6 Å². The normalized spacial score (nSPS) is 10.6. The van der Waals surface area contributed by atoms with E-state index in [4.69, 9.17) is 17.0 Å². The molecule has 1 heterocycles. The maximum absolute atomic E-state index is 11.5. The Labute approximate surface area is 120 Å². The van der Waals surface area contributed by atoms with E-state index in [1.165, 1.54) is 17.8 Å². The Morgan fingerprint density at radius 3 is 2.79 bits per heavy atom. The minimum atomic E-state index is -0.198. The summed E-state index contributed by atoms with van der Waals surface area (Å²) in [6.45, 7) is 2.84. The van der Waals surface area contributed by atoms with Gasteiger partial charge in [-0.15, -0.1) is 0 Å². The van der Waals surface area contributed by atoms with Crippen LogP contribution in [0.25, 0.3) is 0 Å². The second-order valence-corrected chi connectivity index (χ2v) is 5.22. The molecule has 0 amide bonds. The number of nitrogens with zero attached hydrogens (tertiary/aromatic N) is 1. The highest BCUT2D eigenvalue weighted by Gasteiger charge is 2.06. The maximum atomic E-state index is 11.5. The van der Waals surface area contributed by atoms with Crippen LogP contribution in [-0.4, -0.2) is 16.2 Å². The van der Waals surface area contributed by atoms with Crippen molar-refractivity contribution in [3.63, 3.8) is 0 Å². The summed E-state index contributed by atoms with van der Waals surface area (Å²) in [6.07, 6.45) is 0. The van der Waals surface area contributed by atoms with Crippen molar-refractivity contribution in [2.75, 3.05) is 6.61 Å². The summed E-state index contributed by atoms with van der Waals surface area (Å²) in [4.78, 5) is 15.2. The molecule has 0 bridgehead atoms. The zero-order valence-electron chi connectivity index (χ0n) is 10.5. The van der Waals surface area contributed by atoms with E-state index in [-0.39, 0.29) is 5.56 Å². The van der Waals surface area contributed by atoms with Gasteiger partial charge in [0.05, 0.1) is 5.03 Å². The average molecular weight is 294 g/mol. The van der Waals surface area contributed by atoms with Crippen LogP contribution in [0.2, 0.25) is 0 Å². The highest BCUT2D eigenvalue weighted by molar-refractivity contribution is 7.99. The van der Waals surface area contributed by atoms with Gasteiger partial charge in [0.1, 0.15) is 6.73 Å². The fourth-order valence-corrected chi connectivity index (χ4v) is 2.76. The molecule has 2 aromatic rings. The number of H-pyrrole nitrogens is 1. The Kier molecular flexibility index (Phi) is 4.95. The number of nitrogens with one attached hydrogen (secondary N) is 1. The molecule has 0 unspecified atom stereocenters. The molecule has 2 rings (SSSR count). The van der Waals surface area contributed by atoms with Gasteiger partial charge < -0.3 is 4.74 Å². The van der Waals surface area contributed by atoms with Crippen LogP contribution in [0.15, 0.2) is 51.1 Å². The van der Waals surface area contributed by atoms with E-state index < -0.39 is 0 Å². The van der Waals surface area contributed by atoms with Crippen LogP contribution in [0.1, 0.15) is 6.92 Å². The average Bonchev–Trinajstić information content (AvgIpc) is 2.39. The Balaban J connectivity index is 2.37. The molecule has 0 atom stereocenters. The van der Waals surface area contributed by atoms with Crippen LogP contribution in [-0.2, 0) is 11.5 Å². The van der Waals surface area contributed by atoms with Crippen molar-refractivity contribution in [2.24, 2.45) is 0 Å². The first-order valence-electron chi connectivity index (χ1n) is 5.85. The molecule has 0 aliphatic rings. The quantitative estimate of drug-likeness (QED) is 0.680. The molecule has 19 heavy (non-hydrogen) atoms. The van der Waals surface area contributed by atoms with E-state index in [2.05, 4.69) is 4.98 Å². The number of rotatable bonds is 5. The number of aromatic amines is 1. The summed E-state index contributed by atoms with van der Waals surface area (Å²) < 4.78 is 7.53. The smallest absolute Gasteiger partial charge is 0.252 e. The molecule has 0 aliphatic heterocycles. The van der Waals surface area contributed by atoms with E-state index in [1.54, 1.807) is 4.57 Å². The van der Waals surface area contributed by atoms with Crippen molar-refractivity contribution in [3.8, 4) is 0 Å². The number of benzene rings is 1. The van der Waals surface area contributed by atoms with Crippen molar-refractivity contribution < 1.29 is 4.74 Å². The van der Waals surface area contributed by atoms with E-state index in [9.17, 15) is 4.79 Å². The Hall–Kier alpha value is -1.37. The minimum Gasteiger partial charge on any atom is -0.361 e. The Morgan fingerprint density at radius 1 is 1.37 bits per heavy atom. The lowest BCUT2D eigenvalue weighted by Gasteiger charge is -2.12. The second kappa shape index (κ2) is 6.70. The number of hydrogen-bond donors (Lipinski definition) is 1. The largest absolute Gasteiger partial charge is 0.361 e. The predicted molar refractivity (Wildman–Crippen MR) is 78.1 cm³/mol. The summed E-state index contributed by atoms with van der Waals surface area (Å²) in [7, 11) is 0. The van der Waals surface area contributed by atoms with E-state index in [1.807, 2.05) is 37.3 Å². The van der Waals surface area contributed by atoms with Crippen molar-refractivity contribution in [1.82, 2.24) is 9.55 Å². The Morgan fingerprint density at radius 2 is 2.11 bits per heavy atom. The third-order valence-corrected chi connectivity index (χ3v) is 3.76. The second-order valence-electron chi connectivity index (χ2n) is 3.74. The molecule has 1 aromatic heterocycles. The summed E-state index contributed by atoms with van der Waals surface area (Å²) >= 11 is 6.66. The highest BCUT2D eigenvalue weighted by atomic mass is 32.2. The summed E-state index contributed by atoms with van der Waals surface area (Å²) in [5, 5.41) is 0.772. The number of ether oxygens (including phenoxy) is 1. The van der Waals surface area contributed by atoms with Crippen LogP contribution in [0, 0.1) is 4.77 Å². The van der Waals surface area contributed by atoms with E-state index in [0.29, 0.717) is 18.1 Å². The maximum Gasteiger partial charge on any atom is 0.252 e. The van der Waals surface area contributed by atoms with Gasteiger partial charge in [-0.3, -0.25) is 14.3 Å². The lowest BCUT2D eigenvalue weighted by Crippen LogP contribution is -2.15. The highest BCUT2D eigenvalue weighted by Crippen LogP contribution is 2.26. The summed E-state index contributed by atoms with van der Waals surface area (Å²) in [6, 6.07) is 11.4. The van der Waals surface area contributed by atoms with Gasteiger partial charge in [-0.05, 0) is 31.3 Å². The lowest BCUT2D eigenvalue weighted by molar-refractivity contribution is 0.0798.